The van der Waals surface area contributed by atoms with Gasteiger partial charge in [-0.1, -0.05) is 0 Å². The third-order valence-electron chi connectivity index (χ3n) is 0.368. The van der Waals surface area contributed by atoms with Gasteiger partial charge in [-0.15, -0.1) is 0 Å². The van der Waals surface area contributed by atoms with Crippen LogP contribution < -0.4 is 11.3 Å². The average molecular weight is 85.1 g/mol. The second-order valence-corrected chi connectivity index (χ2v) is 0.836. The summed E-state index contributed by atoms with van der Waals surface area (Å²) in [5.74, 6) is 4.82. The van der Waals surface area contributed by atoms with Crippen LogP contribution in [0.5, 0.6) is 0 Å². The second kappa shape index (κ2) is 4.41. The second-order valence-electron chi connectivity index (χ2n) is 0.836. The van der Waals surface area contributed by atoms with Crippen molar-refractivity contribution in [2.24, 2.45) is 5.84 Å². The molecule has 3 nitrogen and oxygen atoms in total. The monoisotopic (exact) mass is 85.1 g/mol. The van der Waals surface area contributed by atoms with E-state index >= 15 is 0 Å². The molecule has 3 heteroatoms. The van der Waals surface area contributed by atoms with Gasteiger partial charge in [0.1, 0.15) is 0 Å². The van der Waals surface area contributed by atoms with Crippen LogP contribution in [0.15, 0.2) is 0 Å². The predicted octanol–water partition coefficient (Wildman–Crippen LogP) is -0.631. The largest absolute Gasteiger partial charge is 0.315 e. The maximum Gasteiger partial charge on any atom is 0.228 e. The third kappa shape index (κ3) is 3.41. The summed E-state index contributed by atoms with van der Waals surface area (Å²) in [6.45, 7) is 7.29. The first kappa shape index (κ1) is 5.41. The van der Waals surface area contributed by atoms with Crippen LogP contribution >= 0.6 is 0 Å². The van der Waals surface area contributed by atoms with E-state index in [0.29, 0.717) is 13.1 Å². The summed E-state index contributed by atoms with van der Waals surface area (Å²) in [5, 5.41) is 0. The van der Waals surface area contributed by atoms with Crippen molar-refractivity contribution in [2.75, 3.05) is 13.1 Å². The van der Waals surface area contributed by atoms with E-state index in [9.17, 15) is 0 Å². The van der Waals surface area contributed by atoms with Gasteiger partial charge in [0.15, 0.2) is 0 Å². The van der Waals surface area contributed by atoms with E-state index in [1.54, 1.807) is 0 Å². The molecule has 0 amide bonds. The molecule has 0 aliphatic heterocycles. The highest BCUT2D eigenvalue weighted by atomic mass is 15.2. The molecule has 6 heavy (non-hydrogen) atoms. The molecular weight excluding hydrogens is 78.1 g/mol. The van der Waals surface area contributed by atoms with Crippen molar-refractivity contribution < 1.29 is 0 Å². The van der Waals surface area contributed by atoms with Crippen LogP contribution in [0.1, 0.15) is 0 Å². The number of nitrogens with two attached hydrogens (primary N) is 1. The summed E-state index contributed by atoms with van der Waals surface area (Å²) in [6, 6.07) is 0. The lowest BCUT2D eigenvalue weighted by Crippen LogP contribution is -2.24. The minimum absolute atomic E-state index is 0.469. The fourth-order valence-electron chi connectivity index (χ4n) is 0.120. The summed E-state index contributed by atoms with van der Waals surface area (Å²) in [5.41, 5.74) is 2.35. The number of hydrogen-bond acceptors (Lipinski definition) is 2. The standard InChI is InChI=1S/C3H7N3/c1-5-2-3-6-4/h6H,2-4H2. The number of nitrogens with one attached hydrogen (secondary N) is 1. The zero-order valence-electron chi connectivity index (χ0n) is 3.44. The molecule has 0 aromatic rings. The first-order chi connectivity index (χ1) is 2.91. The first-order valence-corrected chi connectivity index (χ1v) is 1.68. The van der Waals surface area contributed by atoms with E-state index in [1.165, 1.54) is 0 Å². The Balaban J connectivity index is 2.54. The molecule has 0 saturated heterocycles. The van der Waals surface area contributed by atoms with Gasteiger partial charge >= 0.3 is 0 Å². The van der Waals surface area contributed by atoms with E-state index < -0.39 is 0 Å². The molecule has 0 aromatic carbocycles. The predicted molar refractivity (Wildman–Crippen MR) is 23.7 cm³/mol. The van der Waals surface area contributed by atoms with Gasteiger partial charge in [-0.05, 0) is 0 Å². The van der Waals surface area contributed by atoms with Crippen LogP contribution in [0, 0.1) is 6.57 Å². The Bertz CT molecular complexity index is 53.5. The van der Waals surface area contributed by atoms with E-state index in [1.807, 2.05) is 0 Å². The summed E-state index contributed by atoms with van der Waals surface area (Å²) >= 11 is 0. The van der Waals surface area contributed by atoms with Crippen LogP contribution in [0.25, 0.3) is 4.85 Å². The minimum Gasteiger partial charge on any atom is -0.315 e. The van der Waals surface area contributed by atoms with Crippen molar-refractivity contribution in [3.05, 3.63) is 11.4 Å². The van der Waals surface area contributed by atoms with Crippen molar-refractivity contribution in [1.82, 2.24) is 5.43 Å². The number of hydrogen-bond donors (Lipinski definition) is 2. The van der Waals surface area contributed by atoms with Crippen LogP contribution in [0.2, 0.25) is 0 Å². The Kier molecular flexibility index (Phi) is 3.98. The zero-order valence-corrected chi connectivity index (χ0v) is 3.44. The number of hydrazine groups is 1. The third-order valence-corrected chi connectivity index (χ3v) is 0.368. The highest BCUT2D eigenvalue weighted by Gasteiger charge is 1.75. The fourth-order valence-corrected chi connectivity index (χ4v) is 0.120. The maximum absolute atomic E-state index is 6.24. The average Bonchev–Trinajstić information content (AvgIpc) is 1.61. The highest BCUT2D eigenvalue weighted by Crippen LogP contribution is 1.56. The lowest BCUT2D eigenvalue weighted by atomic mass is 10.7. The SMILES string of the molecule is [C-]#[N+]CCNN. The smallest absolute Gasteiger partial charge is 0.228 e. The molecule has 3 N–H and O–H groups in total. The fraction of sp³-hybridized carbons (Fsp3) is 0.667. The molecule has 0 aromatic heterocycles. The maximum atomic E-state index is 6.24. The lowest BCUT2D eigenvalue weighted by molar-refractivity contribution is 0.767. The molecule has 0 heterocycles. The van der Waals surface area contributed by atoms with Gasteiger partial charge in [-0.3, -0.25) is 11.3 Å². The Hall–Kier alpha value is -0.590. The van der Waals surface area contributed by atoms with E-state index in [4.69, 9.17) is 12.4 Å². The summed E-state index contributed by atoms with van der Waals surface area (Å²) in [6.07, 6.45) is 0. The normalized spacial score (nSPS) is 7.33. The van der Waals surface area contributed by atoms with E-state index in [2.05, 4.69) is 10.3 Å². The molecule has 34 valence electrons. The molecule has 0 bridgehead atoms. The van der Waals surface area contributed by atoms with Crippen molar-refractivity contribution >= 4 is 0 Å². The van der Waals surface area contributed by atoms with Gasteiger partial charge < -0.3 is 4.85 Å². The quantitative estimate of drug-likeness (QED) is 0.203. The molecule has 0 radical (unpaired) electrons. The zero-order chi connectivity index (χ0) is 4.83. The molecule has 0 atom stereocenters. The van der Waals surface area contributed by atoms with Gasteiger partial charge in [-0.25, -0.2) is 6.57 Å². The summed E-state index contributed by atoms with van der Waals surface area (Å²) < 4.78 is 0. The molecule has 0 rings (SSSR count). The topological polar surface area (TPSA) is 42.4 Å². The van der Waals surface area contributed by atoms with Crippen LogP contribution in [0.3, 0.4) is 0 Å². The van der Waals surface area contributed by atoms with Crippen LogP contribution in [-0.2, 0) is 0 Å². The van der Waals surface area contributed by atoms with Gasteiger partial charge in [-0.2, -0.15) is 0 Å². The molecule has 0 aliphatic carbocycles. The Labute approximate surface area is 36.9 Å². The Morgan fingerprint density at radius 2 is 2.50 bits per heavy atom. The Morgan fingerprint density at radius 1 is 1.83 bits per heavy atom. The van der Waals surface area contributed by atoms with E-state index in [0.717, 1.165) is 0 Å². The van der Waals surface area contributed by atoms with E-state index in [-0.39, 0.29) is 0 Å². The first-order valence-electron chi connectivity index (χ1n) is 1.68. The number of rotatable bonds is 2. The molecule has 0 unspecified atom stereocenters. The summed E-state index contributed by atoms with van der Waals surface area (Å²) in [4.78, 5) is 3.03. The van der Waals surface area contributed by atoms with Gasteiger partial charge in [0.05, 0.1) is 6.54 Å². The van der Waals surface area contributed by atoms with Crippen molar-refractivity contribution in [3.63, 3.8) is 0 Å². The molecule has 0 aliphatic rings. The van der Waals surface area contributed by atoms with Crippen molar-refractivity contribution in [2.45, 2.75) is 0 Å². The molecule has 0 saturated carbocycles. The molecule has 0 fully saturated rings. The van der Waals surface area contributed by atoms with Crippen LogP contribution in [-0.4, -0.2) is 13.1 Å². The lowest BCUT2D eigenvalue weighted by Gasteiger charge is -1.81. The summed E-state index contributed by atoms with van der Waals surface area (Å²) in [7, 11) is 0. The minimum atomic E-state index is 0.469. The highest BCUT2D eigenvalue weighted by molar-refractivity contribution is 4.57. The molecule has 0 spiro atoms. The number of nitrogens with zero attached hydrogens (tertiary/aromatic N) is 1. The van der Waals surface area contributed by atoms with Gasteiger partial charge in [0, 0.05) is 0 Å². The van der Waals surface area contributed by atoms with Crippen LogP contribution in [0.4, 0.5) is 0 Å². The van der Waals surface area contributed by atoms with Gasteiger partial charge in [0.25, 0.3) is 0 Å². The Morgan fingerprint density at radius 3 is 2.67 bits per heavy atom. The van der Waals surface area contributed by atoms with Crippen molar-refractivity contribution in [1.29, 1.82) is 0 Å². The van der Waals surface area contributed by atoms with Crippen molar-refractivity contribution in [3.8, 4) is 0 Å². The van der Waals surface area contributed by atoms with Gasteiger partial charge in [0.2, 0.25) is 6.54 Å². The molecular formula is C3H7N3.